The molecule has 6 nitrogen and oxygen atoms in total. The van der Waals surface area contributed by atoms with Crippen molar-refractivity contribution in [3.05, 3.63) is 95.1 Å². The fraction of sp³-hybridized carbons (Fsp3) is 0.310. The van der Waals surface area contributed by atoms with Crippen LogP contribution in [0.25, 0.3) is 0 Å². The molecule has 0 N–H and O–H groups in total. The molecule has 0 radical (unpaired) electrons. The van der Waals surface area contributed by atoms with E-state index in [4.69, 9.17) is 5.26 Å². The van der Waals surface area contributed by atoms with Gasteiger partial charge < -0.3 is 4.90 Å². The van der Waals surface area contributed by atoms with Gasteiger partial charge in [-0.05, 0) is 66.8 Å². The third-order valence-electron chi connectivity index (χ3n) is 6.10. The molecule has 0 unspecified atom stereocenters. The number of benzene rings is 3. The quantitative estimate of drug-likeness (QED) is 0.412. The van der Waals surface area contributed by atoms with Gasteiger partial charge in [0.25, 0.3) is 10.0 Å². The molecule has 3 aromatic carbocycles. The average molecular weight is 504 g/mol. The Hall–Kier alpha value is -3.63. The molecule has 188 valence electrons. The lowest BCUT2D eigenvalue weighted by Gasteiger charge is -2.28. The van der Waals surface area contributed by atoms with Gasteiger partial charge in [0.05, 0.1) is 22.2 Å². The number of hydrogen-bond acceptors (Lipinski definition) is 4. The molecule has 0 bridgehead atoms. The van der Waals surface area contributed by atoms with Gasteiger partial charge in [0.15, 0.2) is 0 Å². The zero-order chi connectivity index (χ0) is 26.5. The number of rotatable bonds is 8. The van der Waals surface area contributed by atoms with Crippen molar-refractivity contribution in [1.29, 1.82) is 5.26 Å². The fourth-order valence-corrected chi connectivity index (χ4v) is 5.20. The number of nitriles is 1. The van der Waals surface area contributed by atoms with E-state index in [1.165, 1.54) is 4.31 Å². The van der Waals surface area contributed by atoms with Crippen LogP contribution in [0, 0.1) is 18.3 Å². The van der Waals surface area contributed by atoms with Crippen LogP contribution in [0.2, 0.25) is 0 Å². The Morgan fingerprint density at radius 2 is 1.50 bits per heavy atom. The predicted molar refractivity (Wildman–Crippen MR) is 143 cm³/mol. The molecule has 0 fully saturated rings. The van der Waals surface area contributed by atoms with E-state index in [-0.39, 0.29) is 22.8 Å². The summed E-state index contributed by atoms with van der Waals surface area (Å²) in [6.45, 7) is 10.4. The van der Waals surface area contributed by atoms with Crippen molar-refractivity contribution in [2.45, 2.75) is 51.5 Å². The Kier molecular flexibility index (Phi) is 8.21. The van der Waals surface area contributed by atoms with Crippen LogP contribution in [0.1, 0.15) is 49.9 Å². The summed E-state index contributed by atoms with van der Waals surface area (Å²) in [4.78, 5) is 15.1. The summed E-state index contributed by atoms with van der Waals surface area (Å²) in [6.07, 6.45) is 0. The number of hydrogen-bond donors (Lipinski definition) is 0. The summed E-state index contributed by atoms with van der Waals surface area (Å²) < 4.78 is 28.7. The van der Waals surface area contributed by atoms with Crippen LogP contribution in [0.3, 0.4) is 0 Å². The molecule has 3 rings (SSSR count). The molecule has 3 aromatic rings. The smallest absolute Gasteiger partial charge is 0.264 e. The Morgan fingerprint density at radius 3 is 2.00 bits per heavy atom. The van der Waals surface area contributed by atoms with E-state index in [0.29, 0.717) is 24.3 Å². The molecule has 0 saturated carbocycles. The second-order valence-electron chi connectivity index (χ2n) is 9.84. The Balaban J connectivity index is 1.93. The monoisotopic (exact) mass is 503 g/mol. The second kappa shape index (κ2) is 11.0. The minimum Gasteiger partial charge on any atom is -0.337 e. The lowest BCUT2D eigenvalue weighted by atomic mass is 9.87. The third-order valence-corrected chi connectivity index (χ3v) is 7.89. The number of sulfonamides is 1. The van der Waals surface area contributed by atoms with Crippen LogP contribution in [-0.2, 0) is 26.8 Å². The largest absolute Gasteiger partial charge is 0.337 e. The normalized spacial score (nSPS) is 11.6. The summed E-state index contributed by atoms with van der Waals surface area (Å²) >= 11 is 0. The highest BCUT2D eigenvalue weighted by Gasteiger charge is 2.29. The lowest BCUT2D eigenvalue weighted by Crippen LogP contribution is -2.42. The van der Waals surface area contributed by atoms with Crippen LogP contribution in [0.15, 0.2) is 77.7 Å². The van der Waals surface area contributed by atoms with Crippen LogP contribution < -0.4 is 4.31 Å². The first-order valence-corrected chi connectivity index (χ1v) is 13.4. The van der Waals surface area contributed by atoms with Gasteiger partial charge in [-0.1, -0.05) is 62.7 Å². The molecule has 1 amide bonds. The van der Waals surface area contributed by atoms with E-state index in [2.05, 4.69) is 26.8 Å². The number of carbonyl (C=O) groups excluding carboxylic acids is 1. The molecule has 0 heterocycles. The van der Waals surface area contributed by atoms with Gasteiger partial charge >= 0.3 is 0 Å². The maximum absolute atomic E-state index is 13.8. The first-order valence-electron chi connectivity index (χ1n) is 11.9. The van der Waals surface area contributed by atoms with E-state index >= 15 is 0 Å². The van der Waals surface area contributed by atoms with Crippen molar-refractivity contribution >= 4 is 21.6 Å². The van der Waals surface area contributed by atoms with Crippen molar-refractivity contribution in [2.24, 2.45) is 0 Å². The van der Waals surface area contributed by atoms with Crippen molar-refractivity contribution in [1.82, 2.24) is 4.90 Å². The molecule has 7 heteroatoms. The summed E-state index contributed by atoms with van der Waals surface area (Å²) in [5, 5.41) is 9.02. The average Bonchev–Trinajstić information content (AvgIpc) is 2.86. The van der Waals surface area contributed by atoms with Gasteiger partial charge in [-0.25, -0.2) is 8.42 Å². The molecule has 0 spiro atoms. The Morgan fingerprint density at radius 1 is 0.917 bits per heavy atom. The van der Waals surface area contributed by atoms with Crippen molar-refractivity contribution in [3.8, 4) is 6.07 Å². The van der Waals surface area contributed by atoms with Gasteiger partial charge in [0, 0.05) is 13.1 Å². The number of nitrogens with zero attached hydrogens (tertiary/aromatic N) is 3. The zero-order valence-corrected chi connectivity index (χ0v) is 22.3. The van der Waals surface area contributed by atoms with Crippen molar-refractivity contribution in [2.75, 3.05) is 17.4 Å². The first kappa shape index (κ1) is 27.0. The summed E-state index contributed by atoms with van der Waals surface area (Å²) in [5.74, 6) is -0.308. The topological polar surface area (TPSA) is 81.5 Å². The minimum atomic E-state index is -4.00. The predicted octanol–water partition coefficient (Wildman–Crippen LogP) is 5.41. The highest BCUT2D eigenvalue weighted by atomic mass is 32.2. The van der Waals surface area contributed by atoms with Gasteiger partial charge in [-0.3, -0.25) is 9.10 Å². The van der Waals surface area contributed by atoms with Gasteiger partial charge in [0.1, 0.15) is 6.54 Å². The van der Waals surface area contributed by atoms with Crippen molar-refractivity contribution < 1.29 is 13.2 Å². The van der Waals surface area contributed by atoms with Crippen molar-refractivity contribution in [3.63, 3.8) is 0 Å². The Bertz CT molecular complexity index is 1330. The summed E-state index contributed by atoms with van der Waals surface area (Å²) in [7, 11) is -4.00. The molecule has 36 heavy (non-hydrogen) atoms. The SMILES string of the molecule is CCN(Cc1ccc(C#N)cc1)C(=O)CN(c1ccc(C)cc1)S(=O)(=O)c1ccc(C(C)(C)C)cc1. The maximum Gasteiger partial charge on any atom is 0.264 e. The molecule has 0 aromatic heterocycles. The first-order chi connectivity index (χ1) is 17.0. The number of likely N-dealkylation sites (N-methyl/N-ethyl adjacent to an activating group) is 1. The third kappa shape index (κ3) is 6.32. The minimum absolute atomic E-state index is 0.109. The highest BCUT2D eigenvalue weighted by molar-refractivity contribution is 7.92. The highest BCUT2D eigenvalue weighted by Crippen LogP contribution is 2.27. The molecular weight excluding hydrogens is 470 g/mol. The lowest BCUT2D eigenvalue weighted by molar-refractivity contribution is -0.129. The molecule has 0 atom stereocenters. The molecular formula is C29H33N3O3S. The van der Waals surface area contributed by atoms with E-state index in [9.17, 15) is 13.2 Å². The standard InChI is InChI=1S/C29H33N3O3S/c1-6-31(20-24-11-9-23(19-30)10-12-24)28(33)21-32(26-15-7-22(2)8-16-26)36(34,35)27-17-13-25(14-18-27)29(3,4)5/h7-18H,6,20-21H2,1-5H3. The van der Waals surface area contributed by atoms with E-state index < -0.39 is 10.0 Å². The number of aryl methyl sites for hydroxylation is 1. The van der Waals surface area contributed by atoms with Crippen LogP contribution >= 0.6 is 0 Å². The zero-order valence-electron chi connectivity index (χ0n) is 21.5. The van der Waals surface area contributed by atoms with Crippen LogP contribution in [0.4, 0.5) is 5.69 Å². The number of carbonyl (C=O) groups is 1. The molecule has 0 aliphatic rings. The Labute approximate surface area is 214 Å². The number of amides is 1. The fourth-order valence-electron chi connectivity index (χ4n) is 3.78. The van der Waals surface area contributed by atoms with E-state index in [1.807, 2.05) is 38.1 Å². The maximum atomic E-state index is 13.8. The number of anilines is 1. The molecule has 0 aliphatic carbocycles. The van der Waals surface area contributed by atoms with Gasteiger partial charge in [-0.2, -0.15) is 5.26 Å². The van der Waals surface area contributed by atoms with Crippen LogP contribution in [-0.4, -0.2) is 32.3 Å². The summed E-state index contributed by atoms with van der Waals surface area (Å²) in [6, 6.07) is 23.1. The van der Waals surface area contributed by atoms with Gasteiger partial charge in [0.2, 0.25) is 5.91 Å². The van der Waals surface area contributed by atoms with Crippen LogP contribution in [0.5, 0.6) is 0 Å². The molecule has 0 aliphatic heterocycles. The second-order valence-corrected chi connectivity index (χ2v) is 11.7. The summed E-state index contributed by atoms with van der Waals surface area (Å²) in [5.41, 5.74) is 3.76. The molecule has 0 saturated heterocycles. The van der Waals surface area contributed by atoms with E-state index in [1.54, 1.807) is 53.4 Å². The van der Waals surface area contributed by atoms with Gasteiger partial charge in [-0.15, -0.1) is 0 Å². The van der Waals surface area contributed by atoms with E-state index in [0.717, 1.165) is 16.7 Å².